The maximum absolute atomic E-state index is 13.5. The Morgan fingerprint density at radius 3 is 2.33 bits per heavy atom. The first-order valence-electron chi connectivity index (χ1n) is 11.4. The molecule has 0 aliphatic carbocycles. The molecular formula is C23H31N5O4S. The van der Waals surface area contributed by atoms with Gasteiger partial charge in [0.1, 0.15) is 5.78 Å². The van der Waals surface area contributed by atoms with Crippen LogP contribution in [0.25, 0.3) is 0 Å². The lowest BCUT2D eigenvalue weighted by atomic mass is 10.1. The summed E-state index contributed by atoms with van der Waals surface area (Å²) in [6.07, 6.45) is 2.12. The van der Waals surface area contributed by atoms with E-state index in [0.717, 1.165) is 5.69 Å². The van der Waals surface area contributed by atoms with E-state index in [0.29, 0.717) is 58.7 Å². The number of aromatic nitrogens is 2. The van der Waals surface area contributed by atoms with E-state index in [2.05, 4.69) is 36.0 Å². The van der Waals surface area contributed by atoms with E-state index in [9.17, 15) is 18.0 Å². The van der Waals surface area contributed by atoms with E-state index in [1.807, 2.05) is 13.0 Å². The van der Waals surface area contributed by atoms with Gasteiger partial charge in [0.15, 0.2) is 0 Å². The van der Waals surface area contributed by atoms with Crippen LogP contribution < -0.4 is 4.90 Å². The third kappa shape index (κ3) is 4.54. The zero-order valence-corrected chi connectivity index (χ0v) is 20.3. The van der Waals surface area contributed by atoms with E-state index in [-0.39, 0.29) is 22.3 Å². The molecule has 2 aliphatic rings. The third-order valence-corrected chi connectivity index (χ3v) is 8.47. The molecule has 10 heteroatoms. The molecule has 1 amide bonds. The van der Waals surface area contributed by atoms with Crippen molar-refractivity contribution >= 4 is 27.4 Å². The van der Waals surface area contributed by atoms with Gasteiger partial charge in [-0.1, -0.05) is 12.1 Å². The Hall–Kier alpha value is -2.72. The van der Waals surface area contributed by atoms with Gasteiger partial charge in [-0.25, -0.2) is 8.42 Å². The Balaban J connectivity index is 1.55. The van der Waals surface area contributed by atoms with Crippen LogP contribution in [-0.4, -0.2) is 78.4 Å². The fourth-order valence-electron chi connectivity index (χ4n) is 4.40. The molecule has 9 nitrogen and oxygen atoms in total. The highest BCUT2D eigenvalue weighted by molar-refractivity contribution is 7.89. The number of rotatable bonds is 5. The summed E-state index contributed by atoms with van der Waals surface area (Å²) in [6, 6.07) is 6.15. The monoisotopic (exact) mass is 473 g/mol. The van der Waals surface area contributed by atoms with Crippen LogP contribution in [0.15, 0.2) is 29.4 Å². The van der Waals surface area contributed by atoms with Gasteiger partial charge >= 0.3 is 0 Å². The molecule has 0 unspecified atom stereocenters. The number of benzene rings is 1. The molecule has 2 aliphatic heterocycles. The van der Waals surface area contributed by atoms with Crippen molar-refractivity contribution in [2.24, 2.45) is 0 Å². The van der Waals surface area contributed by atoms with Crippen molar-refractivity contribution in [3.63, 3.8) is 0 Å². The molecule has 0 N–H and O–H groups in total. The van der Waals surface area contributed by atoms with Gasteiger partial charge in [0, 0.05) is 70.5 Å². The number of piperazine rings is 1. The summed E-state index contributed by atoms with van der Waals surface area (Å²) in [4.78, 5) is 28.5. The first-order valence-corrected chi connectivity index (χ1v) is 12.9. The second-order valence-corrected chi connectivity index (χ2v) is 10.5. The molecule has 0 atom stereocenters. The van der Waals surface area contributed by atoms with Gasteiger partial charge < -0.3 is 9.80 Å². The summed E-state index contributed by atoms with van der Waals surface area (Å²) >= 11 is 0. The lowest BCUT2D eigenvalue weighted by molar-refractivity contribution is -0.120. The number of anilines is 1. The Morgan fingerprint density at radius 2 is 1.70 bits per heavy atom. The second kappa shape index (κ2) is 9.26. The van der Waals surface area contributed by atoms with Crippen LogP contribution in [0.5, 0.6) is 0 Å². The first kappa shape index (κ1) is 23.4. The minimum Gasteiger partial charge on any atom is -0.369 e. The largest absolute Gasteiger partial charge is 0.369 e. The molecule has 0 spiro atoms. The van der Waals surface area contributed by atoms with Crippen LogP contribution in [0.3, 0.4) is 0 Å². The van der Waals surface area contributed by atoms with E-state index >= 15 is 0 Å². The van der Waals surface area contributed by atoms with E-state index in [4.69, 9.17) is 0 Å². The Bertz CT molecular complexity index is 1160. The molecule has 2 fully saturated rings. The number of hydrogen-bond donors (Lipinski definition) is 0. The molecule has 0 bridgehead atoms. The fourth-order valence-corrected chi connectivity index (χ4v) is 5.92. The highest BCUT2D eigenvalue weighted by Gasteiger charge is 2.36. The number of amides is 1. The van der Waals surface area contributed by atoms with E-state index in [1.165, 1.54) is 26.3 Å². The summed E-state index contributed by atoms with van der Waals surface area (Å²) < 4.78 is 30.0. The number of aryl methyl sites for hydroxylation is 2. The van der Waals surface area contributed by atoms with Gasteiger partial charge in [0.05, 0.1) is 5.56 Å². The minimum absolute atomic E-state index is 0.0863. The first-order chi connectivity index (χ1) is 15.7. The summed E-state index contributed by atoms with van der Waals surface area (Å²) in [5.74, 6) is -0.257. The molecular weight excluding hydrogens is 442 g/mol. The Labute approximate surface area is 195 Å². The minimum atomic E-state index is -3.94. The molecule has 178 valence electrons. The van der Waals surface area contributed by atoms with Gasteiger partial charge in [-0.15, -0.1) is 0 Å². The second-order valence-electron chi connectivity index (χ2n) is 8.64. The lowest BCUT2D eigenvalue weighted by Crippen LogP contribution is -2.49. The van der Waals surface area contributed by atoms with Crippen LogP contribution in [0.4, 0.5) is 5.69 Å². The average Bonchev–Trinajstić information content (AvgIpc) is 3.27. The fraction of sp³-hybridized carbons (Fsp3) is 0.522. The molecule has 4 rings (SSSR count). The van der Waals surface area contributed by atoms with Crippen LogP contribution in [0.2, 0.25) is 0 Å². The molecule has 0 radical (unpaired) electrons. The van der Waals surface area contributed by atoms with Crippen LogP contribution in [0, 0.1) is 13.8 Å². The summed E-state index contributed by atoms with van der Waals surface area (Å²) in [6.45, 7) is 8.84. The standard InChI is InChI=1S/C23H31N5O4S/c1-4-27-16-20(23(30)26-10-8-19(29)9-11-26)22(24-27)33(31,32)28-14-12-25(13-15-28)21-7-5-6-17(2)18(21)3/h5-7,16H,4,8-15H2,1-3H3. The van der Waals surface area contributed by atoms with Crippen molar-refractivity contribution in [1.82, 2.24) is 19.0 Å². The number of nitrogens with zero attached hydrogens (tertiary/aromatic N) is 5. The Morgan fingerprint density at radius 1 is 1.03 bits per heavy atom. The molecule has 3 heterocycles. The molecule has 1 aromatic carbocycles. The normalized spacial score (nSPS) is 18.1. The topological polar surface area (TPSA) is 95.8 Å². The van der Waals surface area contributed by atoms with E-state index in [1.54, 1.807) is 4.90 Å². The molecule has 33 heavy (non-hydrogen) atoms. The molecule has 1 aromatic heterocycles. The van der Waals surface area contributed by atoms with Crippen molar-refractivity contribution < 1.29 is 18.0 Å². The van der Waals surface area contributed by atoms with Crippen molar-refractivity contribution in [2.75, 3.05) is 44.2 Å². The highest BCUT2D eigenvalue weighted by atomic mass is 32.2. The van der Waals surface area contributed by atoms with E-state index < -0.39 is 10.0 Å². The Kier molecular flexibility index (Phi) is 6.58. The number of carbonyl (C=O) groups excluding carboxylic acids is 2. The predicted molar refractivity (Wildman–Crippen MR) is 125 cm³/mol. The zero-order valence-electron chi connectivity index (χ0n) is 19.5. The summed E-state index contributed by atoms with van der Waals surface area (Å²) in [5, 5.41) is 4.08. The van der Waals surface area contributed by atoms with Gasteiger partial charge in [0.2, 0.25) is 5.03 Å². The number of piperidine rings is 1. The molecule has 2 saturated heterocycles. The SMILES string of the molecule is CCn1cc(C(=O)N2CCC(=O)CC2)c(S(=O)(=O)N2CCN(c3cccc(C)c3C)CC2)n1. The highest BCUT2D eigenvalue weighted by Crippen LogP contribution is 2.27. The molecule has 0 saturated carbocycles. The maximum atomic E-state index is 13.5. The van der Waals surface area contributed by atoms with Crippen molar-refractivity contribution in [3.8, 4) is 0 Å². The van der Waals surface area contributed by atoms with Gasteiger partial charge in [-0.3, -0.25) is 14.3 Å². The van der Waals surface area contributed by atoms with Gasteiger partial charge in [-0.2, -0.15) is 9.40 Å². The van der Waals surface area contributed by atoms with Crippen LogP contribution in [0.1, 0.15) is 41.3 Å². The third-order valence-electron chi connectivity index (χ3n) is 6.63. The number of ketones is 1. The van der Waals surface area contributed by atoms with Crippen molar-refractivity contribution in [3.05, 3.63) is 41.1 Å². The van der Waals surface area contributed by atoms with Crippen molar-refractivity contribution in [1.29, 1.82) is 0 Å². The zero-order chi connectivity index (χ0) is 23.8. The maximum Gasteiger partial charge on any atom is 0.263 e. The summed E-state index contributed by atoms with van der Waals surface area (Å²) in [7, 11) is -3.94. The molecule has 2 aromatic rings. The van der Waals surface area contributed by atoms with Crippen LogP contribution in [-0.2, 0) is 21.4 Å². The number of likely N-dealkylation sites (tertiary alicyclic amines) is 1. The average molecular weight is 474 g/mol. The number of sulfonamides is 1. The summed E-state index contributed by atoms with van der Waals surface area (Å²) in [5.41, 5.74) is 3.61. The van der Waals surface area contributed by atoms with Crippen molar-refractivity contribution in [2.45, 2.75) is 45.2 Å². The van der Waals surface area contributed by atoms with Gasteiger partial charge in [-0.05, 0) is 38.0 Å². The number of carbonyl (C=O) groups is 2. The predicted octanol–water partition coefficient (Wildman–Crippen LogP) is 1.84. The quantitative estimate of drug-likeness (QED) is 0.658. The van der Waals surface area contributed by atoms with Gasteiger partial charge in [0.25, 0.3) is 15.9 Å². The lowest BCUT2D eigenvalue weighted by Gasteiger charge is -2.36. The number of Topliss-reactive ketones (excluding diaryl/α,β-unsaturated/α-hetero) is 1. The smallest absolute Gasteiger partial charge is 0.263 e. The van der Waals surface area contributed by atoms with Crippen LogP contribution >= 0.6 is 0 Å². The number of hydrogen-bond acceptors (Lipinski definition) is 6.